The quantitative estimate of drug-likeness (QED) is 0.679. The Kier molecular flexibility index (Phi) is 3.93. The van der Waals surface area contributed by atoms with Gasteiger partial charge in [-0.05, 0) is 23.1 Å². The van der Waals surface area contributed by atoms with Gasteiger partial charge in [0, 0.05) is 11.6 Å². The average molecular weight is 217 g/mol. The van der Waals surface area contributed by atoms with Crippen molar-refractivity contribution in [2.45, 2.75) is 40.0 Å². The number of rotatable bonds is 0. The molecule has 0 saturated carbocycles. The van der Waals surface area contributed by atoms with Crippen LogP contribution in [0.15, 0.2) is 24.5 Å². The van der Waals surface area contributed by atoms with E-state index >= 15 is 0 Å². The molecule has 2 aromatic rings. The molecule has 2 rings (SSSR count). The molecule has 0 radical (unpaired) electrons. The monoisotopic (exact) mass is 217 g/mol. The Balaban J connectivity index is 0.000000606. The highest BCUT2D eigenvalue weighted by Crippen LogP contribution is 2.26. The van der Waals surface area contributed by atoms with Gasteiger partial charge in [-0.1, -0.05) is 34.6 Å². The van der Waals surface area contributed by atoms with E-state index in [4.69, 9.17) is 0 Å². The zero-order valence-corrected chi connectivity index (χ0v) is 10.7. The van der Waals surface area contributed by atoms with Gasteiger partial charge >= 0.3 is 0 Å². The van der Waals surface area contributed by atoms with E-state index in [-0.39, 0.29) is 5.41 Å². The molecule has 3 nitrogen and oxygen atoms in total. The molecule has 0 unspecified atom stereocenters. The van der Waals surface area contributed by atoms with Crippen LogP contribution in [0.25, 0.3) is 11.0 Å². The van der Waals surface area contributed by atoms with Gasteiger partial charge in [0.05, 0.1) is 6.20 Å². The fourth-order valence-corrected chi connectivity index (χ4v) is 1.50. The fraction of sp³-hybridized carbons (Fsp3) is 0.462. The van der Waals surface area contributed by atoms with Crippen LogP contribution in [0, 0.1) is 0 Å². The summed E-state index contributed by atoms with van der Waals surface area (Å²) in [5.41, 5.74) is 1.99. The van der Waals surface area contributed by atoms with Crippen molar-refractivity contribution in [3.63, 3.8) is 0 Å². The average Bonchev–Trinajstić information content (AvgIpc) is 2.30. The first-order valence-corrected chi connectivity index (χ1v) is 5.66. The SMILES string of the molecule is CC.CC(C)(C)c1cnnc2ncccc12. The third kappa shape index (κ3) is 2.54. The van der Waals surface area contributed by atoms with Gasteiger partial charge in [0.2, 0.25) is 0 Å². The predicted octanol–water partition coefficient (Wildman–Crippen LogP) is 3.35. The Morgan fingerprint density at radius 1 is 1.12 bits per heavy atom. The molecular formula is C13H19N3. The number of hydrogen-bond donors (Lipinski definition) is 0. The van der Waals surface area contributed by atoms with E-state index in [2.05, 4.69) is 36.0 Å². The van der Waals surface area contributed by atoms with E-state index in [0.29, 0.717) is 0 Å². The summed E-state index contributed by atoms with van der Waals surface area (Å²) in [6.45, 7) is 10.5. The molecule has 0 aromatic carbocycles. The highest BCUT2D eigenvalue weighted by molar-refractivity contribution is 5.78. The normalized spacial score (nSPS) is 10.8. The van der Waals surface area contributed by atoms with Crippen LogP contribution in [0.5, 0.6) is 0 Å². The summed E-state index contributed by atoms with van der Waals surface area (Å²) in [5.74, 6) is 0. The summed E-state index contributed by atoms with van der Waals surface area (Å²) >= 11 is 0. The van der Waals surface area contributed by atoms with Crippen LogP contribution in [0.2, 0.25) is 0 Å². The summed E-state index contributed by atoms with van der Waals surface area (Å²) in [4.78, 5) is 4.18. The van der Waals surface area contributed by atoms with Crippen molar-refractivity contribution < 1.29 is 0 Å². The maximum atomic E-state index is 4.18. The zero-order valence-electron chi connectivity index (χ0n) is 10.7. The summed E-state index contributed by atoms with van der Waals surface area (Å²) in [6, 6.07) is 3.97. The number of hydrogen-bond acceptors (Lipinski definition) is 3. The van der Waals surface area contributed by atoms with Crippen molar-refractivity contribution in [1.29, 1.82) is 0 Å². The molecule has 0 amide bonds. The summed E-state index contributed by atoms with van der Waals surface area (Å²) < 4.78 is 0. The molecule has 0 fully saturated rings. The van der Waals surface area contributed by atoms with Crippen molar-refractivity contribution in [2.75, 3.05) is 0 Å². The molecule has 0 N–H and O–H groups in total. The summed E-state index contributed by atoms with van der Waals surface area (Å²) in [6.07, 6.45) is 3.56. The van der Waals surface area contributed by atoms with Crippen molar-refractivity contribution in [2.24, 2.45) is 0 Å². The maximum Gasteiger partial charge on any atom is 0.182 e. The minimum absolute atomic E-state index is 0.0806. The third-order valence-electron chi connectivity index (χ3n) is 2.22. The van der Waals surface area contributed by atoms with E-state index in [1.165, 1.54) is 5.56 Å². The molecule has 0 aliphatic heterocycles. The van der Waals surface area contributed by atoms with Crippen LogP contribution in [0.4, 0.5) is 0 Å². The first kappa shape index (κ1) is 12.6. The van der Waals surface area contributed by atoms with Crippen LogP contribution in [-0.4, -0.2) is 15.2 Å². The van der Waals surface area contributed by atoms with Gasteiger partial charge in [-0.2, -0.15) is 5.10 Å². The van der Waals surface area contributed by atoms with Crippen molar-refractivity contribution >= 4 is 11.0 Å². The van der Waals surface area contributed by atoms with Gasteiger partial charge < -0.3 is 0 Å². The largest absolute Gasteiger partial charge is 0.235 e. The van der Waals surface area contributed by atoms with Crippen molar-refractivity contribution in [1.82, 2.24) is 15.2 Å². The highest BCUT2D eigenvalue weighted by Gasteiger charge is 2.17. The second kappa shape index (κ2) is 5.01. The summed E-state index contributed by atoms with van der Waals surface area (Å²) in [7, 11) is 0. The summed E-state index contributed by atoms with van der Waals surface area (Å²) in [5, 5.41) is 9.05. The lowest BCUT2D eigenvalue weighted by Gasteiger charge is -2.19. The van der Waals surface area contributed by atoms with Gasteiger partial charge in [-0.25, -0.2) is 4.98 Å². The first-order chi connectivity index (χ1) is 7.59. The molecule has 0 bridgehead atoms. The van der Waals surface area contributed by atoms with E-state index in [9.17, 15) is 0 Å². The maximum absolute atomic E-state index is 4.18. The molecule has 2 heterocycles. The smallest absolute Gasteiger partial charge is 0.182 e. The van der Waals surface area contributed by atoms with E-state index in [1.807, 2.05) is 32.2 Å². The molecule has 0 spiro atoms. The molecule has 0 saturated heterocycles. The molecule has 16 heavy (non-hydrogen) atoms. The molecule has 3 heteroatoms. The lowest BCUT2D eigenvalue weighted by molar-refractivity contribution is 0.591. The molecule has 86 valence electrons. The van der Waals surface area contributed by atoms with Crippen LogP contribution < -0.4 is 0 Å². The van der Waals surface area contributed by atoms with E-state index in [1.54, 1.807) is 6.20 Å². The Hall–Kier alpha value is -1.51. The Labute approximate surface area is 96.9 Å². The minimum Gasteiger partial charge on any atom is -0.235 e. The fourth-order valence-electron chi connectivity index (χ4n) is 1.50. The Morgan fingerprint density at radius 3 is 2.44 bits per heavy atom. The van der Waals surface area contributed by atoms with E-state index in [0.717, 1.165) is 11.0 Å². The molecule has 0 aliphatic rings. The molecule has 0 atom stereocenters. The topological polar surface area (TPSA) is 38.7 Å². The number of aromatic nitrogens is 3. The van der Waals surface area contributed by atoms with Crippen LogP contribution in [-0.2, 0) is 5.41 Å². The highest BCUT2D eigenvalue weighted by atomic mass is 15.1. The van der Waals surface area contributed by atoms with Gasteiger partial charge in [0.15, 0.2) is 5.65 Å². The lowest BCUT2D eigenvalue weighted by atomic mass is 9.86. The van der Waals surface area contributed by atoms with Crippen molar-refractivity contribution in [3.05, 3.63) is 30.1 Å². The third-order valence-corrected chi connectivity index (χ3v) is 2.22. The number of pyridine rings is 1. The Bertz CT molecular complexity index is 453. The van der Waals surface area contributed by atoms with Gasteiger partial charge in [-0.15, -0.1) is 5.10 Å². The van der Waals surface area contributed by atoms with Gasteiger partial charge in [0.25, 0.3) is 0 Å². The van der Waals surface area contributed by atoms with Gasteiger partial charge in [0.1, 0.15) is 0 Å². The first-order valence-electron chi connectivity index (χ1n) is 5.66. The number of fused-ring (bicyclic) bond motifs is 1. The molecular weight excluding hydrogens is 198 g/mol. The zero-order chi connectivity index (χ0) is 12.2. The van der Waals surface area contributed by atoms with Crippen LogP contribution in [0.3, 0.4) is 0 Å². The van der Waals surface area contributed by atoms with Crippen LogP contribution >= 0.6 is 0 Å². The Morgan fingerprint density at radius 2 is 1.81 bits per heavy atom. The van der Waals surface area contributed by atoms with Crippen molar-refractivity contribution in [3.8, 4) is 0 Å². The second-order valence-corrected chi connectivity index (χ2v) is 4.38. The minimum atomic E-state index is 0.0806. The van der Waals surface area contributed by atoms with Crippen LogP contribution in [0.1, 0.15) is 40.2 Å². The van der Waals surface area contributed by atoms with Gasteiger partial charge in [-0.3, -0.25) is 0 Å². The van der Waals surface area contributed by atoms with E-state index < -0.39 is 0 Å². The second-order valence-electron chi connectivity index (χ2n) is 4.38. The number of nitrogens with zero attached hydrogens (tertiary/aromatic N) is 3. The molecule has 2 aromatic heterocycles. The molecule has 0 aliphatic carbocycles. The predicted molar refractivity (Wildman–Crippen MR) is 67.4 cm³/mol. The standard InChI is InChI=1S/C11H13N3.C2H6/c1-11(2,3)9-7-13-14-10-8(9)5-4-6-12-10;1-2/h4-7H,1-3H3;1-2H3. The lowest BCUT2D eigenvalue weighted by Crippen LogP contribution is -2.12.